The van der Waals surface area contributed by atoms with Crippen molar-refractivity contribution in [3.8, 4) is 17.2 Å². The number of hydrogen-bond acceptors (Lipinski definition) is 4. The Morgan fingerprint density at radius 2 is 1.04 bits per heavy atom. The summed E-state index contributed by atoms with van der Waals surface area (Å²) < 4.78 is 7.26. The lowest BCUT2D eigenvalue weighted by molar-refractivity contribution is 1.02. The zero-order valence-corrected chi connectivity index (χ0v) is 29.7. The number of rotatable bonds is 2. The van der Waals surface area contributed by atoms with Crippen LogP contribution in [0.15, 0.2) is 152 Å². The molecule has 0 bridgehead atoms. The SMILES string of the molecule is c1cc2ccc3cc(-c4nc(-n5c6ccccc6c6cc7ccc8c9ccccc9sc8c7cc65)nc5c4sc4ccccc45)cc4ccc(c1)c2c34. The maximum absolute atomic E-state index is 5.59. The smallest absolute Gasteiger partial charge is 0.235 e. The lowest BCUT2D eigenvalue weighted by Crippen LogP contribution is -2.02. The minimum absolute atomic E-state index is 0.690. The van der Waals surface area contributed by atoms with Crippen LogP contribution < -0.4 is 0 Å². The van der Waals surface area contributed by atoms with Gasteiger partial charge in [0.15, 0.2) is 0 Å². The zero-order chi connectivity index (χ0) is 34.4. The quantitative estimate of drug-likeness (QED) is 0.168. The summed E-state index contributed by atoms with van der Waals surface area (Å²) in [5.74, 6) is 0.690. The van der Waals surface area contributed by atoms with Crippen LogP contribution in [0.2, 0.25) is 0 Å². The van der Waals surface area contributed by atoms with E-state index in [1.165, 1.54) is 78.7 Å². The third-order valence-electron chi connectivity index (χ3n) is 11.3. The van der Waals surface area contributed by atoms with E-state index in [2.05, 4.69) is 156 Å². The van der Waals surface area contributed by atoms with Gasteiger partial charge in [-0.2, -0.15) is 0 Å². The van der Waals surface area contributed by atoms with Crippen molar-refractivity contribution in [3.63, 3.8) is 0 Å². The topological polar surface area (TPSA) is 30.7 Å². The molecule has 9 aromatic carbocycles. The highest BCUT2D eigenvalue weighted by atomic mass is 32.1. The Bertz CT molecular complexity index is 3630. The fourth-order valence-electron chi connectivity index (χ4n) is 8.95. The lowest BCUT2D eigenvalue weighted by atomic mass is 9.92. The van der Waals surface area contributed by atoms with Gasteiger partial charge in [-0.25, -0.2) is 9.97 Å². The first-order chi connectivity index (χ1) is 26.2. The van der Waals surface area contributed by atoms with Crippen molar-refractivity contribution in [2.24, 2.45) is 0 Å². The second-order valence-electron chi connectivity index (χ2n) is 14.1. The average molecular weight is 708 g/mol. The standard InChI is InChI=1S/C48H25N3S2/c1-4-13-38-32(10-1)37-24-28-20-21-34-33-11-2-5-14-40(33)52-46(34)36(28)25-39(37)51(38)48-49-44(47-45(50-48)35-12-3-6-15-41(35)53-47)31-22-29-18-16-26-8-7-9-27-17-19-30(23-31)43(29)42(26)27/h1-25H. The fraction of sp³-hybridized carbons (Fsp3) is 0. The van der Waals surface area contributed by atoms with Crippen LogP contribution in [-0.2, 0) is 0 Å². The highest BCUT2D eigenvalue weighted by molar-refractivity contribution is 7.27. The van der Waals surface area contributed by atoms with E-state index in [1.54, 1.807) is 11.3 Å². The summed E-state index contributed by atoms with van der Waals surface area (Å²) in [6.45, 7) is 0. The van der Waals surface area contributed by atoms with Crippen molar-refractivity contribution < 1.29 is 0 Å². The molecule has 0 aliphatic heterocycles. The molecule has 0 aliphatic carbocycles. The number of nitrogens with zero attached hydrogens (tertiary/aromatic N) is 3. The molecular formula is C48H25N3S2. The van der Waals surface area contributed by atoms with Gasteiger partial charge in [-0.05, 0) is 80.2 Å². The predicted octanol–water partition coefficient (Wildman–Crippen LogP) is 14.0. The molecule has 0 saturated carbocycles. The van der Waals surface area contributed by atoms with Crippen molar-refractivity contribution in [1.82, 2.24) is 14.5 Å². The molecule has 0 radical (unpaired) electrons. The number of para-hydroxylation sites is 1. The van der Waals surface area contributed by atoms with Crippen LogP contribution in [0.1, 0.15) is 0 Å². The van der Waals surface area contributed by atoms with Crippen molar-refractivity contribution in [2.45, 2.75) is 0 Å². The van der Waals surface area contributed by atoms with Crippen molar-refractivity contribution >= 4 is 128 Å². The first kappa shape index (κ1) is 28.2. The van der Waals surface area contributed by atoms with E-state index in [0.717, 1.165) is 37.9 Å². The summed E-state index contributed by atoms with van der Waals surface area (Å²) in [6, 6.07) is 55.7. The van der Waals surface area contributed by atoms with E-state index >= 15 is 0 Å². The number of fused-ring (bicyclic) bond motifs is 11. The van der Waals surface area contributed by atoms with Crippen molar-refractivity contribution in [1.29, 1.82) is 0 Å². The number of benzene rings is 9. The second-order valence-corrected chi connectivity index (χ2v) is 16.2. The van der Waals surface area contributed by atoms with Crippen molar-refractivity contribution in [3.05, 3.63) is 152 Å². The monoisotopic (exact) mass is 707 g/mol. The van der Waals surface area contributed by atoms with E-state index in [-0.39, 0.29) is 0 Å². The summed E-state index contributed by atoms with van der Waals surface area (Å²) in [5.41, 5.74) is 5.29. The van der Waals surface area contributed by atoms with Crippen LogP contribution in [0.25, 0.3) is 123 Å². The van der Waals surface area contributed by atoms with E-state index in [1.807, 2.05) is 11.3 Å². The summed E-state index contributed by atoms with van der Waals surface area (Å²) in [6.07, 6.45) is 0. The second kappa shape index (κ2) is 10.1. The van der Waals surface area contributed by atoms with Gasteiger partial charge in [0.2, 0.25) is 5.95 Å². The fourth-order valence-corrected chi connectivity index (χ4v) is 11.3. The van der Waals surface area contributed by atoms with Crippen LogP contribution >= 0.6 is 22.7 Å². The Morgan fingerprint density at radius 3 is 1.85 bits per heavy atom. The highest BCUT2D eigenvalue weighted by Crippen LogP contribution is 2.45. The average Bonchev–Trinajstić information content (AvgIpc) is 3.88. The normalized spacial score (nSPS) is 12.5. The Labute approximate surface area is 309 Å². The summed E-state index contributed by atoms with van der Waals surface area (Å²) in [5, 5.41) is 16.3. The van der Waals surface area contributed by atoms with Crippen LogP contribution in [0.4, 0.5) is 0 Å². The molecule has 0 saturated heterocycles. The van der Waals surface area contributed by atoms with E-state index < -0.39 is 0 Å². The Kier molecular flexibility index (Phi) is 5.40. The van der Waals surface area contributed by atoms with Crippen LogP contribution in [-0.4, -0.2) is 14.5 Å². The predicted molar refractivity (Wildman–Crippen MR) is 229 cm³/mol. The summed E-state index contributed by atoms with van der Waals surface area (Å²) in [7, 11) is 0. The Hall–Kier alpha value is -6.40. The van der Waals surface area contributed by atoms with E-state index in [0.29, 0.717) is 5.95 Å². The first-order valence-electron chi connectivity index (χ1n) is 17.9. The number of hydrogen-bond donors (Lipinski definition) is 0. The third-order valence-corrected chi connectivity index (χ3v) is 13.7. The largest absolute Gasteiger partial charge is 0.278 e. The van der Waals surface area contributed by atoms with Crippen LogP contribution in [0, 0.1) is 0 Å². The highest BCUT2D eigenvalue weighted by Gasteiger charge is 2.22. The summed E-state index contributed by atoms with van der Waals surface area (Å²) >= 11 is 3.66. The molecule has 0 amide bonds. The summed E-state index contributed by atoms with van der Waals surface area (Å²) in [4.78, 5) is 11.1. The Balaban J connectivity index is 1.15. The lowest BCUT2D eigenvalue weighted by Gasteiger charge is -2.14. The van der Waals surface area contributed by atoms with Gasteiger partial charge >= 0.3 is 0 Å². The molecule has 4 heterocycles. The molecule has 244 valence electrons. The minimum Gasteiger partial charge on any atom is -0.278 e. The number of aromatic nitrogens is 3. The van der Waals surface area contributed by atoms with E-state index in [4.69, 9.17) is 9.97 Å². The molecule has 13 rings (SSSR count). The van der Waals surface area contributed by atoms with Crippen LogP contribution in [0.3, 0.4) is 0 Å². The molecule has 0 spiro atoms. The van der Waals surface area contributed by atoms with Gasteiger partial charge in [0.05, 0.1) is 26.9 Å². The zero-order valence-electron chi connectivity index (χ0n) is 28.1. The molecule has 0 fully saturated rings. The molecule has 13 aromatic rings. The molecule has 0 atom stereocenters. The van der Waals surface area contributed by atoms with Crippen LogP contribution in [0.5, 0.6) is 0 Å². The molecule has 53 heavy (non-hydrogen) atoms. The third kappa shape index (κ3) is 3.77. The van der Waals surface area contributed by atoms with Crippen molar-refractivity contribution in [2.75, 3.05) is 0 Å². The van der Waals surface area contributed by atoms with Gasteiger partial charge in [0.1, 0.15) is 0 Å². The Morgan fingerprint density at radius 1 is 0.396 bits per heavy atom. The van der Waals surface area contributed by atoms with Gasteiger partial charge < -0.3 is 0 Å². The molecule has 0 N–H and O–H groups in total. The van der Waals surface area contributed by atoms with Gasteiger partial charge in [-0.1, -0.05) is 109 Å². The molecule has 3 nitrogen and oxygen atoms in total. The molecule has 5 heteroatoms. The molecule has 0 aliphatic rings. The van der Waals surface area contributed by atoms with Gasteiger partial charge in [-0.15, -0.1) is 22.7 Å². The number of thiophene rings is 2. The van der Waals surface area contributed by atoms with Gasteiger partial charge in [0, 0.05) is 52.0 Å². The molecule has 0 unspecified atom stereocenters. The maximum Gasteiger partial charge on any atom is 0.235 e. The van der Waals surface area contributed by atoms with Gasteiger partial charge in [0.25, 0.3) is 0 Å². The van der Waals surface area contributed by atoms with E-state index in [9.17, 15) is 0 Å². The first-order valence-corrected chi connectivity index (χ1v) is 19.5. The van der Waals surface area contributed by atoms with Gasteiger partial charge in [-0.3, -0.25) is 4.57 Å². The molecule has 4 aromatic heterocycles. The molecular weight excluding hydrogens is 683 g/mol. The maximum atomic E-state index is 5.59. The minimum atomic E-state index is 0.690.